The van der Waals surface area contributed by atoms with Crippen molar-refractivity contribution in [3.63, 3.8) is 0 Å². The summed E-state index contributed by atoms with van der Waals surface area (Å²) in [6.07, 6.45) is 2.81. The summed E-state index contributed by atoms with van der Waals surface area (Å²) in [4.78, 5) is 12.6. The Kier molecular flexibility index (Phi) is 6.63. The number of unbranched alkanes of at least 4 members (excludes halogenated alkanes) is 1. The highest BCUT2D eigenvalue weighted by molar-refractivity contribution is 7.89. The molecule has 0 aromatic heterocycles. The average Bonchev–Trinajstić information content (AvgIpc) is 3.02. The summed E-state index contributed by atoms with van der Waals surface area (Å²) >= 11 is 0. The van der Waals surface area contributed by atoms with Gasteiger partial charge in [0.25, 0.3) is 0 Å². The molecule has 1 fully saturated rings. The number of rotatable bonds is 7. The fraction of sp³-hybridized carbons (Fsp3) is 0.632. The molecule has 1 heterocycles. The van der Waals surface area contributed by atoms with Gasteiger partial charge in [0.15, 0.2) is 0 Å². The first-order chi connectivity index (χ1) is 11.8. The van der Waals surface area contributed by atoms with Crippen LogP contribution in [0.2, 0.25) is 0 Å². The highest BCUT2D eigenvalue weighted by Crippen LogP contribution is 2.23. The Balaban J connectivity index is 2.05. The smallest absolute Gasteiger partial charge is 0.238 e. The highest BCUT2D eigenvalue weighted by Gasteiger charge is 2.38. The molecule has 0 aliphatic carbocycles. The lowest BCUT2D eigenvalue weighted by Crippen LogP contribution is -2.46. The monoisotopic (exact) mass is 366 g/mol. The maximum Gasteiger partial charge on any atom is 0.238 e. The minimum Gasteiger partial charge on any atom is -0.351 e. The second-order valence-corrected chi connectivity index (χ2v) is 9.07. The van der Waals surface area contributed by atoms with E-state index >= 15 is 0 Å². The van der Waals surface area contributed by atoms with Crippen molar-refractivity contribution in [2.24, 2.45) is 0 Å². The van der Waals surface area contributed by atoms with E-state index in [1.54, 1.807) is 0 Å². The fourth-order valence-electron chi connectivity index (χ4n) is 3.56. The van der Waals surface area contributed by atoms with Gasteiger partial charge in [-0.1, -0.05) is 31.0 Å². The van der Waals surface area contributed by atoms with Crippen molar-refractivity contribution in [3.8, 4) is 0 Å². The van der Waals surface area contributed by atoms with E-state index in [0.29, 0.717) is 25.9 Å². The Bertz CT molecular complexity index is 705. The lowest BCUT2D eigenvalue weighted by molar-refractivity contribution is -0.124. The van der Waals surface area contributed by atoms with E-state index in [2.05, 4.69) is 24.4 Å². The van der Waals surface area contributed by atoms with E-state index in [1.165, 1.54) is 9.87 Å². The molecule has 1 amide bonds. The van der Waals surface area contributed by atoms with Crippen LogP contribution in [0.25, 0.3) is 0 Å². The van der Waals surface area contributed by atoms with Crippen LogP contribution < -0.4 is 5.32 Å². The minimum atomic E-state index is -3.35. The van der Waals surface area contributed by atoms with E-state index in [1.807, 2.05) is 20.8 Å². The van der Waals surface area contributed by atoms with Crippen LogP contribution in [0.3, 0.4) is 0 Å². The molecule has 1 atom stereocenters. The lowest BCUT2D eigenvalue weighted by atomic mass is 10.00. The van der Waals surface area contributed by atoms with E-state index in [9.17, 15) is 13.2 Å². The minimum absolute atomic E-state index is 0.128. The number of hydrogen-bond donors (Lipinski definition) is 1. The summed E-state index contributed by atoms with van der Waals surface area (Å²) in [6, 6.07) is 3.64. The molecule has 1 aromatic carbocycles. The predicted molar refractivity (Wildman–Crippen MR) is 101 cm³/mol. The molecule has 5 nitrogen and oxygen atoms in total. The normalized spacial score (nSPS) is 18.5. The molecule has 2 rings (SSSR count). The average molecular weight is 367 g/mol. The van der Waals surface area contributed by atoms with Gasteiger partial charge in [0, 0.05) is 13.1 Å². The van der Waals surface area contributed by atoms with Gasteiger partial charge in [-0.2, -0.15) is 4.31 Å². The zero-order chi connectivity index (χ0) is 18.6. The molecule has 1 saturated heterocycles. The van der Waals surface area contributed by atoms with E-state index in [-0.39, 0.29) is 11.7 Å². The van der Waals surface area contributed by atoms with Crippen LogP contribution in [-0.2, 0) is 21.4 Å². The van der Waals surface area contributed by atoms with Crippen molar-refractivity contribution >= 4 is 15.9 Å². The number of sulfonamides is 1. The quantitative estimate of drug-likeness (QED) is 0.807. The number of amides is 1. The standard InChI is InChI=1S/C19H30N2O3S/c1-5-6-10-25(23,24)21-9-7-8-18(21)19(22)20-13-17-15(3)11-14(2)12-16(17)4/h11-12,18H,5-10,13H2,1-4H3,(H,20,22). The van der Waals surface area contributed by atoms with Gasteiger partial charge in [-0.3, -0.25) is 4.79 Å². The third-order valence-electron chi connectivity index (χ3n) is 4.90. The van der Waals surface area contributed by atoms with E-state index in [0.717, 1.165) is 29.5 Å². The maximum atomic E-state index is 12.6. The first-order valence-electron chi connectivity index (χ1n) is 9.10. The number of carbonyl (C=O) groups excluding carboxylic acids is 1. The number of hydrogen-bond acceptors (Lipinski definition) is 3. The molecular formula is C19H30N2O3S. The molecule has 0 saturated carbocycles. The predicted octanol–water partition coefficient (Wildman–Crippen LogP) is 2.82. The van der Waals surface area contributed by atoms with Crippen LogP contribution in [0.15, 0.2) is 12.1 Å². The number of carbonyl (C=O) groups is 1. The van der Waals surface area contributed by atoms with Crippen LogP contribution in [0.5, 0.6) is 0 Å². The molecule has 1 aliphatic rings. The molecular weight excluding hydrogens is 336 g/mol. The van der Waals surface area contributed by atoms with Crippen LogP contribution in [0, 0.1) is 20.8 Å². The van der Waals surface area contributed by atoms with Gasteiger partial charge in [-0.05, 0) is 56.7 Å². The maximum absolute atomic E-state index is 12.6. The van der Waals surface area contributed by atoms with Gasteiger partial charge in [-0.15, -0.1) is 0 Å². The van der Waals surface area contributed by atoms with Crippen molar-refractivity contribution in [1.82, 2.24) is 9.62 Å². The SMILES string of the molecule is CCCCS(=O)(=O)N1CCCC1C(=O)NCc1c(C)cc(C)cc1C. The van der Waals surface area contributed by atoms with Crippen LogP contribution in [0.4, 0.5) is 0 Å². The number of benzene rings is 1. The summed E-state index contributed by atoms with van der Waals surface area (Å²) < 4.78 is 26.4. The zero-order valence-corrected chi connectivity index (χ0v) is 16.6. The number of nitrogens with one attached hydrogen (secondary N) is 1. The van der Waals surface area contributed by atoms with E-state index in [4.69, 9.17) is 0 Å². The van der Waals surface area contributed by atoms with Crippen molar-refractivity contribution < 1.29 is 13.2 Å². The molecule has 0 bridgehead atoms. The van der Waals surface area contributed by atoms with Gasteiger partial charge in [-0.25, -0.2) is 8.42 Å². The van der Waals surface area contributed by atoms with Crippen LogP contribution >= 0.6 is 0 Å². The van der Waals surface area contributed by atoms with Crippen LogP contribution in [0.1, 0.15) is 54.9 Å². The van der Waals surface area contributed by atoms with Gasteiger partial charge < -0.3 is 5.32 Å². The van der Waals surface area contributed by atoms with Gasteiger partial charge >= 0.3 is 0 Å². The highest BCUT2D eigenvalue weighted by atomic mass is 32.2. The van der Waals surface area contributed by atoms with Crippen molar-refractivity contribution in [3.05, 3.63) is 34.4 Å². The van der Waals surface area contributed by atoms with Gasteiger partial charge in [0.1, 0.15) is 6.04 Å². The van der Waals surface area contributed by atoms with Crippen molar-refractivity contribution in [2.75, 3.05) is 12.3 Å². The molecule has 0 spiro atoms. The lowest BCUT2D eigenvalue weighted by Gasteiger charge is -2.23. The van der Waals surface area contributed by atoms with Crippen molar-refractivity contribution in [1.29, 1.82) is 0 Å². The zero-order valence-electron chi connectivity index (χ0n) is 15.8. The largest absolute Gasteiger partial charge is 0.351 e. The molecule has 1 unspecified atom stereocenters. The molecule has 1 aliphatic heterocycles. The first kappa shape index (κ1) is 19.9. The third kappa shape index (κ3) is 4.82. The molecule has 1 N–H and O–H groups in total. The fourth-order valence-corrected chi connectivity index (χ4v) is 5.45. The summed E-state index contributed by atoms with van der Waals surface area (Å²) in [5.41, 5.74) is 4.61. The second kappa shape index (κ2) is 8.32. The number of nitrogens with zero attached hydrogens (tertiary/aromatic N) is 1. The Hall–Kier alpha value is -1.40. The van der Waals surface area contributed by atoms with Crippen LogP contribution in [-0.4, -0.2) is 37.0 Å². The summed E-state index contributed by atoms with van der Waals surface area (Å²) in [7, 11) is -3.35. The Labute approximate surface area is 151 Å². The van der Waals surface area contributed by atoms with Gasteiger partial charge in [0.2, 0.25) is 15.9 Å². The Morgan fingerprint density at radius 2 is 1.88 bits per heavy atom. The summed E-state index contributed by atoms with van der Waals surface area (Å²) in [5.74, 6) is -0.0550. The van der Waals surface area contributed by atoms with E-state index < -0.39 is 16.1 Å². The number of aryl methyl sites for hydroxylation is 3. The molecule has 6 heteroatoms. The third-order valence-corrected chi connectivity index (χ3v) is 6.86. The van der Waals surface area contributed by atoms with Gasteiger partial charge in [0.05, 0.1) is 5.75 Å². The first-order valence-corrected chi connectivity index (χ1v) is 10.7. The molecule has 1 aromatic rings. The molecule has 25 heavy (non-hydrogen) atoms. The Morgan fingerprint density at radius 1 is 1.24 bits per heavy atom. The summed E-state index contributed by atoms with van der Waals surface area (Å²) in [6.45, 7) is 9.00. The second-order valence-electron chi connectivity index (χ2n) is 7.03. The van der Waals surface area contributed by atoms with Crippen molar-refractivity contribution in [2.45, 2.75) is 66.0 Å². The molecule has 140 valence electrons. The summed E-state index contributed by atoms with van der Waals surface area (Å²) in [5, 5.41) is 2.96. The molecule has 0 radical (unpaired) electrons. The Morgan fingerprint density at radius 3 is 2.48 bits per heavy atom. The topological polar surface area (TPSA) is 66.5 Å².